The van der Waals surface area contributed by atoms with Gasteiger partial charge in [0.15, 0.2) is 0 Å². The summed E-state index contributed by atoms with van der Waals surface area (Å²) in [6.45, 7) is 1.68. The van der Waals surface area contributed by atoms with Crippen LogP contribution in [0.1, 0.15) is 5.69 Å². The summed E-state index contributed by atoms with van der Waals surface area (Å²) in [5.41, 5.74) is 0.970. The zero-order valence-electron chi connectivity index (χ0n) is 6.24. The Labute approximate surface area is 68.2 Å². The van der Waals surface area contributed by atoms with Crippen molar-refractivity contribution in [3.8, 4) is 0 Å². The predicted octanol–water partition coefficient (Wildman–Crippen LogP) is 0.589. The number of aryl methyl sites for hydroxylation is 1. The first-order valence-electron chi connectivity index (χ1n) is 2.80. The molecule has 0 aliphatic heterocycles. The van der Waals surface area contributed by atoms with Gasteiger partial charge in [-0.25, -0.2) is 0 Å². The molecule has 0 aliphatic rings. The van der Waals surface area contributed by atoms with Gasteiger partial charge < -0.3 is 10.4 Å². The van der Waals surface area contributed by atoms with Gasteiger partial charge in [-0.05, 0) is 6.92 Å². The third-order valence-electron chi connectivity index (χ3n) is 0.879. The van der Waals surface area contributed by atoms with Crippen LogP contribution in [0.5, 0.6) is 0 Å². The number of carboxylic acid groups (broad SMARTS) is 1. The molecule has 2 N–H and O–H groups in total. The maximum absolute atomic E-state index is 8.36. The van der Waals surface area contributed by atoms with Crippen molar-refractivity contribution in [3.05, 3.63) is 5.69 Å². The van der Waals surface area contributed by atoms with Gasteiger partial charge in [0, 0.05) is 18.6 Å². The van der Waals surface area contributed by atoms with Crippen LogP contribution in [0.4, 0.5) is 5.00 Å². The first-order chi connectivity index (χ1) is 5.26. The molecule has 0 fully saturated rings. The van der Waals surface area contributed by atoms with Crippen LogP contribution in [-0.2, 0) is 4.79 Å². The summed E-state index contributed by atoms with van der Waals surface area (Å²) >= 11 is 1.38. The Morgan fingerprint density at radius 1 is 1.73 bits per heavy atom. The van der Waals surface area contributed by atoms with E-state index in [4.69, 9.17) is 9.90 Å². The Morgan fingerprint density at radius 2 is 2.27 bits per heavy atom. The molecule has 0 saturated heterocycles. The van der Waals surface area contributed by atoms with E-state index in [2.05, 4.69) is 14.9 Å². The van der Waals surface area contributed by atoms with Gasteiger partial charge in [-0.15, -0.1) is 5.10 Å². The van der Waals surface area contributed by atoms with Gasteiger partial charge in [-0.3, -0.25) is 4.79 Å². The van der Waals surface area contributed by atoms with Crippen LogP contribution in [-0.4, -0.2) is 28.2 Å². The summed E-state index contributed by atoms with van der Waals surface area (Å²) in [5, 5.41) is 14.7. The summed E-state index contributed by atoms with van der Waals surface area (Å²) in [4.78, 5) is 8.36. The monoisotopic (exact) mass is 175 g/mol. The summed E-state index contributed by atoms with van der Waals surface area (Å²) in [6, 6.07) is 0. The average Bonchev–Trinajstić information content (AvgIpc) is 2.36. The lowest BCUT2D eigenvalue weighted by molar-refractivity contribution is -0.122. The van der Waals surface area contributed by atoms with E-state index >= 15 is 0 Å². The van der Waals surface area contributed by atoms with Crippen molar-refractivity contribution in [3.63, 3.8) is 0 Å². The van der Waals surface area contributed by atoms with Gasteiger partial charge in [-0.2, -0.15) is 0 Å². The maximum Gasteiger partial charge on any atom is 0.290 e. The third-order valence-corrected chi connectivity index (χ3v) is 1.72. The van der Waals surface area contributed by atoms with Crippen LogP contribution in [0.25, 0.3) is 0 Å². The summed E-state index contributed by atoms with van der Waals surface area (Å²) < 4.78 is 3.72. The van der Waals surface area contributed by atoms with Crippen molar-refractivity contribution in [2.45, 2.75) is 6.92 Å². The normalized spacial score (nSPS) is 7.82. The molecule has 1 aromatic heterocycles. The van der Waals surface area contributed by atoms with Crippen LogP contribution in [0.15, 0.2) is 0 Å². The molecule has 0 saturated carbocycles. The van der Waals surface area contributed by atoms with E-state index < -0.39 is 0 Å². The maximum atomic E-state index is 8.36. The fourth-order valence-corrected chi connectivity index (χ4v) is 0.970. The quantitative estimate of drug-likeness (QED) is 0.611. The molecule has 0 aliphatic carbocycles. The van der Waals surface area contributed by atoms with Gasteiger partial charge in [0.2, 0.25) is 0 Å². The Kier molecular flexibility index (Phi) is 5.01. The fourth-order valence-electron chi connectivity index (χ4n) is 0.460. The van der Waals surface area contributed by atoms with E-state index in [0.717, 1.165) is 10.7 Å². The highest BCUT2D eigenvalue weighted by Crippen LogP contribution is 2.13. The fraction of sp³-hybridized carbons (Fsp3) is 0.400. The zero-order chi connectivity index (χ0) is 8.69. The van der Waals surface area contributed by atoms with Crippen molar-refractivity contribution >= 4 is 23.0 Å². The Balaban J connectivity index is 0.000000292. The first-order valence-corrected chi connectivity index (χ1v) is 3.58. The molecule has 0 unspecified atom stereocenters. The van der Waals surface area contributed by atoms with E-state index in [1.807, 2.05) is 14.0 Å². The molecule has 0 aromatic carbocycles. The lowest BCUT2D eigenvalue weighted by Gasteiger charge is -1.88. The van der Waals surface area contributed by atoms with Crippen molar-refractivity contribution in [2.75, 3.05) is 12.4 Å². The second-order valence-electron chi connectivity index (χ2n) is 1.54. The van der Waals surface area contributed by atoms with Crippen molar-refractivity contribution in [1.29, 1.82) is 0 Å². The van der Waals surface area contributed by atoms with Crippen LogP contribution in [0, 0.1) is 6.92 Å². The minimum absolute atomic E-state index is 0.250. The largest absolute Gasteiger partial charge is 0.483 e. The van der Waals surface area contributed by atoms with Crippen LogP contribution < -0.4 is 5.32 Å². The number of nitrogens with one attached hydrogen (secondary N) is 1. The standard InChI is InChI=1S/C4H7N3S.CH2O2/c1-3-4(5-2)8-7-6-3;2-1-3/h5H,1-2H3;1H,(H,2,3). The molecule has 1 aromatic rings. The van der Waals surface area contributed by atoms with Crippen LogP contribution >= 0.6 is 11.5 Å². The summed E-state index contributed by atoms with van der Waals surface area (Å²) in [7, 11) is 1.86. The van der Waals surface area contributed by atoms with E-state index in [-0.39, 0.29) is 6.47 Å². The van der Waals surface area contributed by atoms with Crippen LogP contribution in [0.3, 0.4) is 0 Å². The van der Waals surface area contributed by atoms with E-state index in [0.29, 0.717) is 0 Å². The third kappa shape index (κ3) is 3.51. The van der Waals surface area contributed by atoms with E-state index in [1.165, 1.54) is 11.5 Å². The molecular weight excluding hydrogens is 166 g/mol. The molecule has 0 bridgehead atoms. The van der Waals surface area contributed by atoms with Gasteiger partial charge in [0.05, 0.1) is 5.69 Å². The topological polar surface area (TPSA) is 75.1 Å². The minimum atomic E-state index is -0.250. The Morgan fingerprint density at radius 3 is 2.45 bits per heavy atom. The molecule has 6 heteroatoms. The highest BCUT2D eigenvalue weighted by Gasteiger charge is 1.96. The molecule has 5 nitrogen and oxygen atoms in total. The Hall–Kier alpha value is -1.17. The van der Waals surface area contributed by atoms with Crippen molar-refractivity contribution < 1.29 is 9.90 Å². The number of rotatable bonds is 1. The Bertz CT molecular complexity index is 213. The highest BCUT2D eigenvalue weighted by atomic mass is 32.1. The van der Waals surface area contributed by atoms with Gasteiger partial charge in [0.25, 0.3) is 6.47 Å². The van der Waals surface area contributed by atoms with Crippen molar-refractivity contribution in [1.82, 2.24) is 9.59 Å². The second-order valence-corrected chi connectivity index (χ2v) is 2.30. The average molecular weight is 175 g/mol. The highest BCUT2D eigenvalue weighted by molar-refractivity contribution is 7.10. The number of nitrogens with zero attached hydrogens (tertiary/aromatic N) is 2. The zero-order valence-corrected chi connectivity index (χ0v) is 7.05. The molecule has 1 heterocycles. The molecule has 0 radical (unpaired) electrons. The second kappa shape index (κ2) is 5.60. The summed E-state index contributed by atoms with van der Waals surface area (Å²) in [5.74, 6) is 0. The number of carbonyl (C=O) groups is 1. The molecule has 62 valence electrons. The number of aromatic nitrogens is 2. The van der Waals surface area contributed by atoms with Gasteiger partial charge in [0.1, 0.15) is 5.00 Å². The molecule has 1 rings (SSSR count). The van der Waals surface area contributed by atoms with Gasteiger partial charge in [-0.1, -0.05) is 4.49 Å². The van der Waals surface area contributed by atoms with Crippen molar-refractivity contribution in [2.24, 2.45) is 0 Å². The number of hydrogen-bond donors (Lipinski definition) is 2. The van der Waals surface area contributed by atoms with E-state index in [9.17, 15) is 0 Å². The lowest BCUT2D eigenvalue weighted by Crippen LogP contribution is -1.85. The first kappa shape index (κ1) is 9.83. The summed E-state index contributed by atoms with van der Waals surface area (Å²) in [6.07, 6.45) is 0. The smallest absolute Gasteiger partial charge is 0.290 e. The SMILES string of the molecule is CNc1snnc1C.O=CO. The number of anilines is 1. The van der Waals surface area contributed by atoms with Crippen LogP contribution in [0.2, 0.25) is 0 Å². The number of hydrogen-bond acceptors (Lipinski definition) is 5. The minimum Gasteiger partial charge on any atom is -0.483 e. The molecule has 11 heavy (non-hydrogen) atoms. The van der Waals surface area contributed by atoms with Gasteiger partial charge >= 0.3 is 0 Å². The molecule has 0 atom stereocenters. The predicted molar refractivity (Wildman–Crippen MR) is 42.9 cm³/mol. The molecule has 0 amide bonds. The molecule has 0 spiro atoms. The van der Waals surface area contributed by atoms with E-state index in [1.54, 1.807) is 0 Å². The molecular formula is C5H9N3O2S. The lowest BCUT2D eigenvalue weighted by atomic mass is 10.5.